The monoisotopic (exact) mass is 199 g/mol. The summed E-state index contributed by atoms with van der Waals surface area (Å²) in [6.45, 7) is 0. The largest absolute Gasteiger partial charge is 0.505 e. The molecule has 0 radical (unpaired) electrons. The van der Waals surface area contributed by atoms with Crippen LogP contribution in [-0.2, 0) is 0 Å². The highest BCUT2D eigenvalue weighted by molar-refractivity contribution is 6.09. The summed E-state index contributed by atoms with van der Waals surface area (Å²) < 4.78 is 5.57. The first-order chi connectivity index (χ1) is 7.27. The van der Waals surface area contributed by atoms with Gasteiger partial charge in [0, 0.05) is 5.39 Å². The zero-order chi connectivity index (χ0) is 10.4. The molecule has 1 aromatic heterocycles. The number of phenolic OH excluding ortho intramolecular Hbond substituents is 1. The molecule has 1 heterocycles. The van der Waals surface area contributed by atoms with E-state index in [0.29, 0.717) is 16.7 Å². The number of anilines is 1. The van der Waals surface area contributed by atoms with E-state index in [-0.39, 0.29) is 5.75 Å². The lowest BCUT2D eigenvalue weighted by Gasteiger charge is -1.98. The minimum absolute atomic E-state index is 0.0949. The Labute approximate surface area is 85.7 Å². The summed E-state index contributed by atoms with van der Waals surface area (Å²) in [5.41, 5.74) is 7.43. The van der Waals surface area contributed by atoms with Crippen molar-refractivity contribution in [1.29, 1.82) is 0 Å². The Morgan fingerprint density at radius 2 is 1.80 bits per heavy atom. The van der Waals surface area contributed by atoms with Gasteiger partial charge in [-0.25, -0.2) is 0 Å². The minimum atomic E-state index is 0.0949. The van der Waals surface area contributed by atoms with E-state index in [1.165, 1.54) is 0 Å². The van der Waals surface area contributed by atoms with Crippen molar-refractivity contribution < 1.29 is 9.52 Å². The van der Waals surface area contributed by atoms with Crippen LogP contribution in [0.25, 0.3) is 21.9 Å². The summed E-state index contributed by atoms with van der Waals surface area (Å²) in [6.07, 6.45) is 0. The van der Waals surface area contributed by atoms with Crippen molar-refractivity contribution in [2.45, 2.75) is 0 Å². The maximum absolute atomic E-state index is 9.86. The van der Waals surface area contributed by atoms with Crippen LogP contribution in [0.15, 0.2) is 40.8 Å². The summed E-state index contributed by atoms with van der Waals surface area (Å²) in [5, 5.41) is 11.4. The van der Waals surface area contributed by atoms with Gasteiger partial charge in [0.05, 0.1) is 11.1 Å². The van der Waals surface area contributed by atoms with Crippen molar-refractivity contribution >= 4 is 27.6 Å². The SMILES string of the molecule is Nc1ccc2oc3ccccc3c2c1O. The molecule has 0 aliphatic rings. The molecule has 74 valence electrons. The fraction of sp³-hybridized carbons (Fsp3) is 0. The van der Waals surface area contributed by atoms with E-state index in [4.69, 9.17) is 10.2 Å². The van der Waals surface area contributed by atoms with Gasteiger partial charge < -0.3 is 15.3 Å². The van der Waals surface area contributed by atoms with Crippen LogP contribution in [0.4, 0.5) is 5.69 Å². The van der Waals surface area contributed by atoms with Crippen molar-refractivity contribution in [1.82, 2.24) is 0 Å². The zero-order valence-corrected chi connectivity index (χ0v) is 7.90. The van der Waals surface area contributed by atoms with Gasteiger partial charge in [0.15, 0.2) is 0 Å². The van der Waals surface area contributed by atoms with Crippen molar-refractivity contribution in [3.63, 3.8) is 0 Å². The molecule has 3 aromatic rings. The summed E-state index contributed by atoms with van der Waals surface area (Å²) >= 11 is 0. The smallest absolute Gasteiger partial charge is 0.150 e. The molecule has 0 spiro atoms. The number of benzene rings is 2. The molecule has 15 heavy (non-hydrogen) atoms. The number of aromatic hydroxyl groups is 1. The average Bonchev–Trinajstić information content (AvgIpc) is 2.62. The fourth-order valence-corrected chi connectivity index (χ4v) is 1.81. The van der Waals surface area contributed by atoms with Gasteiger partial charge in [0.25, 0.3) is 0 Å². The summed E-state index contributed by atoms with van der Waals surface area (Å²) in [7, 11) is 0. The van der Waals surface area contributed by atoms with Crippen LogP contribution in [0, 0.1) is 0 Å². The maximum atomic E-state index is 9.86. The van der Waals surface area contributed by atoms with E-state index < -0.39 is 0 Å². The Kier molecular flexibility index (Phi) is 1.45. The summed E-state index contributed by atoms with van der Waals surface area (Å²) in [4.78, 5) is 0. The first-order valence-electron chi connectivity index (χ1n) is 4.66. The van der Waals surface area contributed by atoms with Crippen LogP contribution < -0.4 is 5.73 Å². The molecule has 0 atom stereocenters. The lowest BCUT2D eigenvalue weighted by atomic mass is 10.1. The Balaban J connectivity index is 2.63. The number of nitrogen functional groups attached to an aromatic ring is 1. The first kappa shape index (κ1) is 8.17. The van der Waals surface area contributed by atoms with E-state index in [1.807, 2.05) is 24.3 Å². The molecule has 2 aromatic carbocycles. The Hall–Kier alpha value is -2.16. The van der Waals surface area contributed by atoms with Gasteiger partial charge in [-0.1, -0.05) is 18.2 Å². The second kappa shape index (κ2) is 2.67. The highest BCUT2D eigenvalue weighted by Crippen LogP contribution is 2.37. The standard InChI is InChI=1S/C12H9NO2/c13-8-5-6-10-11(12(8)14)7-3-1-2-4-9(7)15-10/h1-6,14H,13H2. The van der Waals surface area contributed by atoms with E-state index in [9.17, 15) is 5.11 Å². The van der Waals surface area contributed by atoms with Crippen LogP contribution in [0.3, 0.4) is 0 Å². The summed E-state index contributed by atoms with van der Waals surface area (Å²) in [6, 6.07) is 11.0. The van der Waals surface area contributed by atoms with Crippen molar-refractivity contribution in [2.24, 2.45) is 0 Å². The third-order valence-electron chi connectivity index (χ3n) is 2.55. The molecule has 3 nitrogen and oxygen atoms in total. The molecule has 0 aliphatic heterocycles. The molecule has 0 amide bonds. The van der Waals surface area contributed by atoms with Gasteiger partial charge in [0.2, 0.25) is 0 Å². The highest BCUT2D eigenvalue weighted by atomic mass is 16.3. The van der Waals surface area contributed by atoms with Crippen molar-refractivity contribution in [3.8, 4) is 5.75 Å². The first-order valence-corrected chi connectivity index (χ1v) is 4.66. The predicted molar refractivity (Wildman–Crippen MR) is 59.8 cm³/mol. The van der Waals surface area contributed by atoms with Crippen LogP contribution in [-0.4, -0.2) is 5.11 Å². The van der Waals surface area contributed by atoms with Gasteiger partial charge in [0.1, 0.15) is 16.9 Å². The third kappa shape index (κ3) is 1.00. The Morgan fingerprint density at radius 3 is 2.67 bits per heavy atom. The molecule has 0 bridgehead atoms. The van der Waals surface area contributed by atoms with Crippen molar-refractivity contribution in [3.05, 3.63) is 36.4 Å². The van der Waals surface area contributed by atoms with E-state index in [2.05, 4.69) is 0 Å². The van der Waals surface area contributed by atoms with Crippen LogP contribution in [0.5, 0.6) is 5.75 Å². The second-order valence-corrected chi connectivity index (χ2v) is 3.47. The number of nitrogens with two attached hydrogens (primary N) is 1. The Bertz CT molecular complexity index is 655. The zero-order valence-electron chi connectivity index (χ0n) is 7.90. The molecule has 3 rings (SSSR count). The third-order valence-corrected chi connectivity index (χ3v) is 2.55. The number of hydrogen-bond donors (Lipinski definition) is 2. The molecule has 3 N–H and O–H groups in total. The molecule has 0 saturated heterocycles. The average molecular weight is 199 g/mol. The topological polar surface area (TPSA) is 59.4 Å². The van der Waals surface area contributed by atoms with E-state index in [0.717, 1.165) is 11.0 Å². The van der Waals surface area contributed by atoms with Gasteiger partial charge in [-0.2, -0.15) is 0 Å². The van der Waals surface area contributed by atoms with Gasteiger partial charge in [-0.3, -0.25) is 0 Å². The molecule has 0 aliphatic carbocycles. The highest BCUT2D eigenvalue weighted by Gasteiger charge is 2.11. The van der Waals surface area contributed by atoms with Crippen molar-refractivity contribution in [2.75, 3.05) is 5.73 Å². The number of furan rings is 1. The minimum Gasteiger partial charge on any atom is -0.505 e. The second-order valence-electron chi connectivity index (χ2n) is 3.47. The number of hydrogen-bond acceptors (Lipinski definition) is 3. The van der Waals surface area contributed by atoms with Gasteiger partial charge >= 0.3 is 0 Å². The van der Waals surface area contributed by atoms with Gasteiger partial charge in [-0.05, 0) is 18.2 Å². The van der Waals surface area contributed by atoms with Gasteiger partial charge in [-0.15, -0.1) is 0 Å². The van der Waals surface area contributed by atoms with E-state index >= 15 is 0 Å². The quantitative estimate of drug-likeness (QED) is 0.432. The van der Waals surface area contributed by atoms with Crippen LogP contribution in [0.1, 0.15) is 0 Å². The Morgan fingerprint density at radius 1 is 1.00 bits per heavy atom. The van der Waals surface area contributed by atoms with Crippen LogP contribution >= 0.6 is 0 Å². The molecule has 3 heteroatoms. The number of phenols is 1. The number of para-hydroxylation sites is 1. The molecule has 0 unspecified atom stereocenters. The molecular weight excluding hydrogens is 190 g/mol. The predicted octanol–water partition coefficient (Wildman–Crippen LogP) is 2.87. The number of fused-ring (bicyclic) bond motifs is 3. The molecule has 0 fully saturated rings. The molecule has 0 saturated carbocycles. The molecular formula is C12H9NO2. The summed E-state index contributed by atoms with van der Waals surface area (Å²) in [5.74, 6) is 0.0949. The maximum Gasteiger partial charge on any atom is 0.150 e. The fourth-order valence-electron chi connectivity index (χ4n) is 1.81. The lowest BCUT2D eigenvalue weighted by molar-refractivity contribution is 0.484. The van der Waals surface area contributed by atoms with Crippen LogP contribution in [0.2, 0.25) is 0 Å². The van der Waals surface area contributed by atoms with E-state index in [1.54, 1.807) is 12.1 Å². The normalized spacial score (nSPS) is 11.2. The lowest BCUT2D eigenvalue weighted by Crippen LogP contribution is -1.84. The number of rotatable bonds is 0.